The van der Waals surface area contributed by atoms with Gasteiger partial charge in [-0.25, -0.2) is 4.79 Å². The van der Waals surface area contributed by atoms with Gasteiger partial charge in [0.25, 0.3) is 5.91 Å². The Kier molecular flexibility index (Phi) is 5.17. The second kappa shape index (κ2) is 6.64. The molecule has 0 saturated carbocycles. The Morgan fingerprint density at radius 3 is 2.61 bits per heavy atom. The minimum Gasteiger partial charge on any atom is -0.496 e. The van der Waals surface area contributed by atoms with Crippen molar-refractivity contribution in [3.05, 3.63) is 29.8 Å². The standard InChI is InChI=1S/C13H17NO4/c1-3-6-10(13(16)17)14-12(15)9-7-4-5-8-11(9)18-2/h4-5,7-8,10H,3,6H2,1-2H3,(H,14,15)(H,16,17). The Morgan fingerprint density at radius 2 is 2.06 bits per heavy atom. The summed E-state index contributed by atoms with van der Waals surface area (Å²) in [5.74, 6) is -1.04. The summed E-state index contributed by atoms with van der Waals surface area (Å²) in [5.41, 5.74) is 0.336. The van der Waals surface area contributed by atoms with Gasteiger partial charge in [-0.1, -0.05) is 25.5 Å². The van der Waals surface area contributed by atoms with Gasteiger partial charge in [-0.15, -0.1) is 0 Å². The average Bonchev–Trinajstić information content (AvgIpc) is 2.37. The molecule has 0 spiro atoms. The van der Waals surface area contributed by atoms with Gasteiger partial charge in [-0.2, -0.15) is 0 Å². The molecule has 0 aliphatic heterocycles. The van der Waals surface area contributed by atoms with Crippen LogP contribution >= 0.6 is 0 Å². The van der Waals surface area contributed by atoms with E-state index in [0.717, 1.165) is 0 Å². The van der Waals surface area contributed by atoms with E-state index < -0.39 is 17.9 Å². The number of aliphatic carboxylic acids is 1. The molecule has 0 bridgehead atoms. The fourth-order valence-electron chi connectivity index (χ4n) is 1.61. The van der Waals surface area contributed by atoms with Gasteiger partial charge in [-0.05, 0) is 18.6 Å². The van der Waals surface area contributed by atoms with Crippen LogP contribution in [0.3, 0.4) is 0 Å². The van der Waals surface area contributed by atoms with Crippen LogP contribution in [0.2, 0.25) is 0 Å². The van der Waals surface area contributed by atoms with Gasteiger partial charge in [0.05, 0.1) is 12.7 Å². The summed E-state index contributed by atoms with van der Waals surface area (Å²) in [4.78, 5) is 22.9. The lowest BCUT2D eigenvalue weighted by atomic mass is 10.1. The number of carboxylic acid groups (broad SMARTS) is 1. The number of hydrogen-bond acceptors (Lipinski definition) is 3. The number of carbonyl (C=O) groups is 2. The molecule has 0 aliphatic carbocycles. The molecule has 0 radical (unpaired) electrons. The zero-order valence-electron chi connectivity index (χ0n) is 10.5. The monoisotopic (exact) mass is 251 g/mol. The Bertz CT molecular complexity index is 431. The molecule has 5 nitrogen and oxygen atoms in total. The van der Waals surface area contributed by atoms with Gasteiger partial charge in [-0.3, -0.25) is 4.79 Å². The van der Waals surface area contributed by atoms with Crippen molar-refractivity contribution in [2.24, 2.45) is 0 Å². The summed E-state index contributed by atoms with van der Waals surface area (Å²) in [6, 6.07) is 5.83. The van der Waals surface area contributed by atoms with E-state index in [0.29, 0.717) is 24.2 Å². The zero-order chi connectivity index (χ0) is 13.5. The largest absolute Gasteiger partial charge is 0.496 e. The summed E-state index contributed by atoms with van der Waals surface area (Å²) in [6.07, 6.45) is 1.08. The highest BCUT2D eigenvalue weighted by Crippen LogP contribution is 2.17. The van der Waals surface area contributed by atoms with Gasteiger partial charge < -0.3 is 15.2 Å². The fourth-order valence-corrected chi connectivity index (χ4v) is 1.61. The van der Waals surface area contributed by atoms with Crippen LogP contribution in [0.15, 0.2) is 24.3 Å². The zero-order valence-corrected chi connectivity index (χ0v) is 10.5. The molecule has 98 valence electrons. The molecule has 0 saturated heterocycles. The minimum absolute atomic E-state index is 0.336. The highest BCUT2D eigenvalue weighted by molar-refractivity contribution is 5.98. The molecule has 1 aromatic carbocycles. The van der Waals surface area contributed by atoms with Crippen molar-refractivity contribution in [2.75, 3.05) is 7.11 Å². The second-order valence-electron chi connectivity index (χ2n) is 3.85. The number of benzene rings is 1. The van der Waals surface area contributed by atoms with Crippen molar-refractivity contribution < 1.29 is 19.4 Å². The number of carboxylic acids is 1. The number of hydrogen-bond donors (Lipinski definition) is 2. The summed E-state index contributed by atoms with van der Waals surface area (Å²) < 4.78 is 5.06. The molecule has 0 fully saturated rings. The van der Waals surface area contributed by atoms with Crippen LogP contribution < -0.4 is 10.1 Å². The highest BCUT2D eigenvalue weighted by Gasteiger charge is 2.21. The van der Waals surface area contributed by atoms with Crippen molar-refractivity contribution >= 4 is 11.9 Å². The number of amides is 1. The maximum absolute atomic E-state index is 12.0. The number of methoxy groups -OCH3 is 1. The van der Waals surface area contributed by atoms with Crippen LogP contribution in [-0.2, 0) is 4.79 Å². The lowest BCUT2D eigenvalue weighted by Crippen LogP contribution is -2.40. The van der Waals surface area contributed by atoms with Crippen LogP contribution in [0.4, 0.5) is 0 Å². The molecule has 1 atom stereocenters. The molecule has 0 aliphatic rings. The Morgan fingerprint density at radius 1 is 1.39 bits per heavy atom. The molecular formula is C13H17NO4. The SMILES string of the molecule is CCCC(NC(=O)c1ccccc1OC)C(=O)O. The Balaban J connectivity index is 2.83. The van der Waals surface area contributed by atoms with Crippen molar-refractivity contribution in [2.45, 2.75) is 25.8 Å². The molecule has 0 aromatic heterocycles. The smallest absolute Gasteiger partial charge is 0.326 e. The Labute approximate surface area is 106 Å². The van der Waals surface area contributed by atoms with E-state index in [1.54, 1.807) is 24.3 Å². The topological polar surface area (TPSA) is 75.6 Å². The van der Waals surface area contributed by atoms with E-state index in [4.69, 9.17) is 9.84 Å². The lowest BCUT2D eigenvalue weighted by Gasteiger charge is -2.14. The summed E-state index contributed by atoms with van der Waals surface area (Å²) in [5, 5.41) is 11.5. The lowest BCUT2D eigenvalue weighted by molar-refractivity contribution is -0.139. The van der Waals surface area contributed by atoms with E-state index in [1.807, 2.05) is 6.92 Å². The normalized spacial score (nSPS) is 11.7. The van der Waals surface area contributed by atoms with E-state index in [9.17, 15) is 9.59 Å². The number of para-hydroxylation sites is 1. The van der Waals surface area contributed by atoms with E-state index in [1.165, 1.54) is 7.11 Å². The maximum atomic E-state index is 12.0. The van der Waals surface area contributed by atoms with Gasteiger partial charge in [0.2, 0.25) is 0 Å². The first-order chi connectivity index (χ1) is 8.60. The summed E-state index contributed by atoms with van der Waals surface area (Å²) in [7, 11) is 1.47. The summed E-state index contributed by atoms with van der Waals surface area (Å²) in [6.45, 7) is 1.87. The molecule has 5 heteroatoms. The van der Waals surface area contributed by atoms with E-state index in [-0.39, 0.29) is 0 Å². The van der Waals surface area contributed by atoms with Gasteiger partial charge in [0.1, 0.15) is 11.8 Å². The third-order valence-corrected chi connectivity index (χ3v) is 2.53. The van der Waals surface area contributed by atoms with Crippen molar-refractivity contribution in [1.29, 1.82) is 0 Å². The van der Waals surface area contributed by atoms with Crippen molar-refractivity contribution in [3.63, 3.8) is 0 Å². The number of carbonyl (C=O) groups excluding carboxylic acids is 1. The maximum Gasteiger partial charge on any atom is 0.326 e. The fraction of sp³-hybridized carbons (Fsp3) is 0.385. The molecule has 1 unspecified atom stereocenters. The first-order valence-corrected chi connectivity index (χ1v) is 5.76. The molecular weight excluding hydrogens is 234 g/mol. The van der Waals surface area contributed by atoms with Crippen LogP contribution in [-0.4, -0.2) is 30.1 Å². The highest BCUT2D eigenvalue weighted by atomic mass is 16.5. The van der Waals surface area contributed by atoms with E-state index in [2.05, 4.69) is 5.32 Å². The molecule has 1 aromatic rings. The third kappa shape index (κ3) is 3.48. The predicted octanol–water partition coefficient (Wildman–Crippen LogP) is 1.68. The van der Waals surface area contributed by atoms with Crippen LogP contribution in [0.1, 0.15) is 30.1 Å². The molecule has 1 amide bonds. The summed E-state index contributed by atoms with van der Waals surface area (Å²) >= 11 is 0. The van der Waals surface area contributed by atoms with Crippen molar-refractivity contribution in [3.8, 4) is 5.75 Å². The minimum atomic E-state index is -1.03. The Hall–Kier alpha value is -2.04. The molecule has 18 heavy (non-hydrogen) atoms. The van der Waals surface area contributed by atoms with Crippen LogP contribution in [0, 0.1) is 0 Å². The van der Waals surface area contributed by atoms with Gasteiger partial charge in [0, 0.05) is 0 Å². The number of rotatable bonds is 6. The quantitative estimate of drug-likeness (QED) is 0.806. The average molecular weight is 251 g/mol. The molecule has 2 N–H and O–H groups in total. The number of nitrogens with one attached hydrogen (secondary N) is 1. The molecule has 0 heterocycles. The van der Waals surface area contributed by atoms with Gasteiger partial charge in [0.15, 0.2) is 0 Å². The van der Waals surface area contributed by atoms with E-state index >= 15 is 0 Å². The van der Waals surface area contributed by atoms with Crippen molar-refractivity contribution in [1.82, 2.24) is 5.32 Å². The molecule has 1 rings (SSSR count). The van der Waals surface area contributed by atoms with Crippen LogP contribution in [0.25, 0.3) is 0 Å². The van der Waals surface area contributed by atoms with Crippen LogP contribution in [0.5, 0.6) is 5.75 Å². The first-order valence-electron chi connectivity index (χ1n) is 5.76. The number of ether oxygens (including phenoxy) is 1. The third-order valence-electron chi connectivity index (χ3n) is 2.53. The second-order valence-corrected chi connectivity index (χ2v) is 3.85. The first kappa shape index (κ1) is 14.0. The van der Waals surface area contributed by atoms with Gasteiger partial charge >= 0.3 is 5.97 Å². The predicted molar refractivity (Wildman–Crippen MR) is 66.8 cm³/mol.